The molecule has 0 aromatic heterocycles. The number of carbonyl (C=O) groups is 3. The van der Waals surface area contributed by atoms with E-state index >= 15 is 0 Å². The van der Waals surface area contributed by atoms with Gasteiger partial charge in [-0.2, -0.15) is 0 Å². The average Bonchev–Trinajstić information content (AvgIpc) is 3.14. The average molecular weight is 784 g/mol. The number of unbranched alkanes of at least 4 members (excludes halogenated alkanes) is 16. The molecule has 12 heteroatoms. The zero-order chi connectivity index (χ0) is 40.0. The van der Waals surface area contributed by atoms with Crippen LogP contribution in [0.5, 0.6) is 0 Å². The van der Waals surface area contributed by atoms with Crippen LogP contribution in [-0.2, 0) is 37.5 Å². The Morgan fingerprint density at radius 2 is 1.04 bits per heavy atom. The number of allylic oxidation sites excluding steroid dienone is 8. The number of nitrogens with two attached hydrogens (primary N) is 1. The Morgan fingerprint density at radius 1 is 0.593 bits per heavy atom. The fraction of sp³-hybridized carbons (Fsp3) is 0.738. The first-order valence-electron chi connectivity index (χ1n) is 20.7. The molecule has 0 saturated carbocycles. The lowest BCUT2D eigenvalue weighted by Crippen LogP contribution is -2.34. The highest BCUT2D eigenvalue weighted by Gasteiger charge is 2.28. The summed E-state index contributed by atoms with van der Waals surface area (Å²) in [6, 6.07) is -1.53. The lowest BCUT2D eigenvalue weighted by atomic mass is 10.1. The van der Waals surface area contributed by atoms with Crippen LogP contribution in [0.25, 0.3) is 0 Å². The maximum Gasteiger partial charge on any atom is 0.472 e. The first-order valence-corrected chi connectivity index (χ1v) is 22.2. The van der Waals surface area contributed by atoms with E-state index in [9.17, 15) is 23.8 Å². The normalized spacial score (nSPS) is 14.3. The van der Waals surface area contributed by atoms with E-state index in [4.69, 9.17) is 24.8 Å². The second kappa shape index (κ2) is 37.4. The smallest absolute Gasteiger partial charge is 0.472 e. The zero-order valence-electron chi connectivity index (χ0n) is 33.6. The number of hydrogen-bond donors (Lipinski definition) is 3. The SMILES string of the molecule is CC/C=C\C/C=C\C/C=C\CCCCCC(=O)OC(COC(=O)CCCCCCCCC/C=C\CCCCCCCC)COP(=O)(O)OCC(N)C(=O)O. The number of esters is 2. The maximum absolute atomic E-state index is 12.6. The van der Waals surface area contributed by atoms with Crippen LogP contribution < -0.4 is 5.73 Å². The van der Waals surface area contributed by atoms with E-state index in [-0.39, 0.29) is 19.4 Å². The number of carboxylic acids is 1. The van der Waals surface area contributed by atoms with Gasteiger partial charge in [-0.3, -0.25) is 23.4 Å². The second-order valence-corrected chi connectivity index (χ2v) is 15.2. The van der Waals surface area contributed by atoms with Crippen molar-refractivity contribution in [3.8, 4) is 0 Å². The largest absolute Gasteiger partial charge is 0.480 e. The Balaban J connectivity index is 4.42. The Kier molecular flexibility index (Phi) is 35.6. The fourth-order valence-electron chi connectivity index (χ4n) is 5.31. The van der Waals surface area contributed by atoms with Gasteiger partial charge in [0.2, 0.25) is 0 Å². The molecule has 0 aromatic rings. The molecular formula is C42H74NO10P. The standard InChI is InChI=1S/C42H74NO10P/c1-3-5-7-9-11-13-15-17-18-19-20-22-23-25-27-29-31-33-40(44)50-35-38(36-51-54(48,49)52-37-39(43)42(46)47)53-41(45)34-32-30-28-26-24-21-16-14-12-10-8-6-4-2/h6,8,12,14,17-18,21,24,38-39H,3-5,7,9-11,13,15-16,19-20,22-23,25-37,43H2,1-2H3,(H,46,47)(H,48,49)/b8-6-,14-12-,18-17-,24-21-. The van der Waals surface area contributed by atoms with Crippen molar-refractivity contribution in [2.45, 2.75) is 180 Å². The number of hydrogen-bond acceptors (Lipinski definition) is 9. The molecular weight excluding hydrogens is 709 g/mol. The minimum absolute atomic E-state index is 0.124. The zero-order valence-corrected chi connectivity index (χ0v) is 34.4. The summed E-state index contributed by atoms with van der Waals surface area (Å²) >= 11 is 0. The molecule has 0 rings (SSSR count). The van der Waals surface area contributed by atoms with Crippen molar-refractivity contribution in [3.05, 3.63) is 48.6 Å². The predicted molar refractivity (Wildman–Crippen MR) is 217 cm³/mol. The van der Waals surface area contributed by atoms with Crippen LogP contribution in [0.2, 0.25) is 0 Å². The van der Waals surface area contributed by atoms with Gasteiger partial charge in [0.05, 0.1) is 13.2 Å². The van der Waals surface area contributed by atoms with Gasteiger partial charge < -0.3 is 25.2 Å². The molecule has 0 aliphatic rings. The highest BCUT2D eigenvalue weighted by molar-refractivity contribution is 7.47. The Morgan fingerprint density at radius 3 is 1.59 bits per heavy atom. The van der Waals surface area contributed by atoms with Gasteiger partial charge in [-0.1, -0.05) is 133 Å². The van der Waals surface area contributed by atoms with Gasteiger partial charge in [0.25, 0.3) is 0 Å². The third kappa shape index (κ3) is 36.4. The van der Waals surface area contributed by atoms with E-state index < -0.39 is 51.1 Å². The number of aliphatic carboxylic acids is 1. The monoisotopic (exact) mass is 784 g/mol. The summed E-state index contributed by atoms with van der Waals surface area (Å²) in [5.74, 6) is -2.43. The number of phosphoric acid groups is 1. The maximum atomic E-state index is 12.6. The second-order valence-electron chi connectivity index (χ2n) is 13.7. The molecule has 312 valence electrons. The molecule has 4 N–H and O–H groups in total. The van der Waals surface area contributed by atoms with Crippen molar-refractivity contribution in [1.82, 2.24) is 0 Å². The molecule has 0 fully saturated rings. The number of carboxylic acid groups (broad SMARTS) is 1. The number of phosphoric ester groups is 1. The first kappa shape index (κ1) is 51.4. The van der Waals surface area contributed by atoms with E-state index in [0.717, 1.165) is 64.2 Å². The van der Waals surface area contributed by atoms with Gasteiger partial charge in [0.15, 0.2) is 6.10 Å². The summed E-state index contributed by atoms with van der Waals surface area (Å²) in [6.07, 6.45) is 40.4. The van der Waals surface area contributed by atoms with E-state index in [1.54, 1.807) is 0 Å². The summed E-state index contributed by atoms with van der Waals surface area (Å²) in [6.45, 7) is 2.63. The molecule has 0 spiro atoms. The van der Waals surface area contributed by atoms with Crippen molar-refractivity contribution in [1.29, 1.82) is 0 Å². The molecule has 3 atom stereocenters. The van der Waals surface area contributed by atoms with Gasteiger partial charge in [-0.25, -0.2) is 4.57 Å². The molecule has 0 aromatic carbocycles. The minimum atomic E-state index is -4.72. The summed E-state index contributed by atoms with van der Waals surface area (Å²) in [5.41, 5.74) is 5.32. The van der Waals surface area contributed by atoms with Gasteiger partial charge in [0, 0.05) is 12.8 Å². The fourth-order valence-corrected chi connectivity index (χ4v) is 6.09. The van der Waals surface area contributed by atoms with Crippen molar-refractivity contribution in [3.63, 3.8) is 0 Å². The topological polar surface area (TPSA) is 172 Å². The van der Waals surface area contributed by atoms with Crippen molar-refractivity contribution in [2.75, 3.05) is 19.8 Å². The lowest BCUT2D eigenvalue weighted by molar-refractivity contribution is -0.161. The van der Waals surface area contributed by atoms with Crippen molar-refractivity contribution >= 4 is 25.7 Å². The molecule has 3 unspecified atom stereocenters. The third-order valence-corrected chi connectivity index (χ3v) is 9.51. The van der Waals surface area contributed by atoms with Crippen LogP contribution in [0.4, 0.5) is 0 Å². The molecule has 0 aliphatic carbocycles. The van der Waals surface area contributed by atoms with E-state index in [2.05, 4.69) is 67.0 Å². The van der Waals surface area contributed by atoms with Gasteiger partial charge >= 0.3 is 25.7 Å². The van der Waals surface area contributed by atoms with Gasteiger partial charge in [0.1, 0.15) is 12.6 Å². The van der Waals surface area contributed by atoms with Gasteiger partial charge in [-0.15, -0.1) is 0 Å². The first-order chi connectivity index (χ1) is 26.1. The van der Waals surface area contributed by atoms with E-state index in [0.29, 0.717) is 12.8 Å². The number of ether oxygens (including phenoxy) is 2. The van der Waals surface area contributed by atoms with Crippen LogP contribution in [0.1, 0.15) is 168 Å². The molecule has 0 aliphatic heterocycles. The number of rotatable bonds is 38. The summed E-state index contributed by atoms with van der Waals surface area (Å²) in [4.78, 5) is 45.8. The molecule has 0 bridgehead atoms. The van der Waals surface area contributed by atoms with E-state index in [1.807, 2.05) is 0 Å². The van der Waals surface area contributed by atoms with Crippen LogP contribution in [0.15, 0.2) is 48.6 Å². The summed E-state index contributed by atoms with van der Waals surface area (Å²) < 4.78 is 32.6. The van der Waals surface area contributed by atoms with Gasteiger partial charge in [-0.05, 0) is 70.6 Å². The molecule has 0 saturated heterocycles. The van der Waals surface area contributed by atoms with Crippen LogP contribution >= 0.6 is 7.82 Å². The molecule has 0 radical (unpaired) electrons. The molecule has 11 nitrogen and oxygen atoms in total. The minimum Gasteiger partial charge on any atom is -0.480 e. The lowest BCUT2D eigenvalue weighted by Gasteiger charge is -2.20. The highest BCUT2D eigenvalue weighted by Crippen LogP contribution is 2.43. The van der Waals surface area contributed by atoms with Crippen molar-refractivity contribution in [2.24, 2.45) is 5.73 Å². The highest BCUT2D eigenvalue weighted by atomic mass is 31.2. The van der Waals surface area contributed by atoms with Crippen LogP contribution in [0.3, 0.4) is 0 Å². The summed E-state index contributed by atoms with van der Waals surface area (Å²) in [7, 11) is -4.72. The third-order valence-electron chi connectivity index (χ3n) is 8.56. The Hall–Kier alpha value is -2.56. The molecule has 0 amide bonds. The van der Waals surface area contributed by atoms with Crippen LogP contribution in [-0.4, -0.2) is 59.9 Å². The Bertz CT molecular complexity index is 1110. The molecule has 0 heterocycles. The van der Waals surface area contributed by atoms with Crippen LogP contribution in [0, 0.1) is 0 Å². The summed E-state index contributed by atoms with van der Waals surface area (Å²) in [5, 5.41) is 8.87. The quantitative estimate of drug-likeness (QED) is 0.0235. The molecule has 54 heavy (non-hydrogen) atoms. The predicted octanol–water partition coefficient (Wildman–Crippen LogP) is 10.6. The Labute approximate surface area is 326 Å². The van der Waals surface area contributed by atoms with E-state index in [1.165, 1.54) is 64.2 Å². The van der Waals surface area contributed by atoms with Crippen molar-refractivity contribution < 1.29 is 47.5 Å². The number of carbonyl (C=O) groups excluding carboxylic acids is 2.